The molecule has 0 amide bonds. The van der Waals surface area contributed by atoms with Crippen molar-refractivity contribution in [3.05, 3.63) is 0 Å². The summed E-state index contributed by atoms with van der Waals surface area (Å²) < 4.78 is 50.5. The van der Waals surface area contributed by atoms with Crippen LogP contribution in [0.1, 0.15) is 66.7 Å². The summed E-state index contributed by atoms with van der Waals surface area (Å²) in [6.45, 7) is 9.09. The predicted octanol–water partition coefficient (Wildman–Crippen LogP) is 8.24. The molecular weight excluding hydrogens is 528 g/mol. The van der Waals surface area contributed by atoms with Gasteiger partial charge in [0.05, 0.1) is 47.9 Å². The van der Waals surface area contributed by atoms with Gasteiger partial charge in [0.25, 0.3) is 0 Å². The molecule has 31 heavy (non-hydrogen) atoms. The van der Waals surface area contributed by atoms with Crippen LogP contribution < -0.4 is 0 Å². The van der Waals surface area contributed by atoms with Gasteiger partial charge in [-0.15, -0.1) is 46.4 Å². The van der Waals surface area contributed by atoms with E-state index in [0.717, 1.165) is 0 Å². The van der Waals surface area contributed by atoms with Crippen LogP contribution in [0.5, 0.6) is 0 Å². The fourth-order valence-corrected chi connectivity index (χ4v) is 8.32. The number of halogens is 4. The highest BCUT2D eigenvalue weighted by Gasteiger charge is 2.51. The number of hydrogen-bond donors (Lipinski definition) is 0. The molecule has 0 spiro atoms. The minimum Gasteiger partial charge on any atom is -0.306 e. The maximum absolute atomic E-state index is 13.9. The number of rotatable bonds is 19. The molecule has 0 radical (unpaired) electrons. The summed E-state index contributed by atoms with van der Waals surface area (Å²) >= 11 is 24.7. The molecule has 0 fully saturated rings. The largest absolute Gasteiger partial charge is 0.345 e. The van der Waals surface area contributed by atoms with E-state index in [1.165, 1.54) is 0 Å². The van der Waals surface area contributed by atoms with Crippen LogP contribution in [0.3, 0.4) is 0 Å². The van der Waals surface area contributed by atoms with Gasteiger partial charge in [-0.05, 0) is 32.1 Å². The molecular formula is C19H38Cl4O6P2. The maximum atomic E-state index is 13.9. The van der Waals surface area contributed by atoms with Gasteiger partial charge in [-0.25, -0.2) is 0 Å². The Kier molecular flexibility index (Phi) is 17.8. The molecule has 6 nitrogen and oxygen atoms in total. The van der Waals surface area contributed by atoms with Gasteiger partial charge in [-0.3, -0.25) is 9.13 Å². The highest BCUT2D eigenvalue weighted by Crippen LogP contribution is 2.71. The molecule has 0 aromatic carbocycles. The van der Waals surface area contributed by atoms with E-state index in [4.69, 9.17) is 64.5 Å². The summed E-state index contributed by atoms with van der Waals surface area (Å²) in [4.78, 5) is 0. The van der Waals surface area contributed by atoms with Crippen molar-refractivity contribution in [2.45, 2.75) is 93.6 Å². The molecule has 0 saturated carbocycles. The Labute approximate surface area is 208 Å². The Balaban J connectivity index is 5.94. The highest BCUT2D eigenvalue weighted by molar-refractivity contribution is 7.72. The minimum absolute atomic E-state index is 0.0366. The van der Waals surface area contributed by atoms with Gasteiger partial charge in [0.1, 0.15) is 0 Å². The molecule has 0 bridgehead atoms. The van der Waals surface area contributed by atoms with Crippen LogP contribution in [-0.2, 0) is 27.2 Å². The molecule has 0 aliphatic rings. The molecule has 0 unspecified atom stereocenters. The Morgan fingerprint density at radius 1 is 0.516 bits per heavy atom. The lowest BCUT2D eigenvalue weighted by atomic mass is 10.4. The van der Waals surface area contributed by atoms with E-state index in [9.17, 15) is 9.13 Å². The van der Waals surface area contributed by atoms with E-state index >= 15 is 0 Å². The van der Waals surface area contributed by atoms with Crippen LogP contribution >= 0.6 is 61.6 Å². The molecule has 188 valence electrons. The first-order chi connectivity index (χ1) is 14.5. The molecule has 0 heterocycles. The maximum Gasteiger partial charge on any atom is 0.345 e. The topological polar surface area (TPSA) is 71.1 Å². The van der Waals surface area contributed by atoms with Crippen molar-refractivity contribution in [2.24, 2.45) is 0 Å². The van der Waals surface area contributed by atoms with E-state index in [1.54, 1.807) is 6.92 Å². The first-order valence-electron chi connectivity index (χ1n) is 10.8. The zero-order valence-electron chi connectivity index (χ0n) is 19.1. The van der Waals surface area contributed by atoms with Gasteiger partial charge in [0, 0.05) is 0 Å². The van der Waals surface area contributed by atoms with E-state index < -0.39 is 20.6 Å². The van der Waals surface area contributed by atoms with Gasteiger partial charge in [-0.2, -0.15) is 0 Å². The van der Waals surface area contributed by atoms with Crippen LogP contribution in [0.25, 0.3) is 0 Å². The highest BCUT2D eigenvalue weighted by atomic mass is 35.5. The fourth-order valence-electron chi connectivity index (χ4n) is 2.25. The first-order valence-corrected chi connectivity index (χ1v) is 15.8. The summed E-state index contributed by atoms with van der Waals surface area (Å²) in [5.74, 6) is 0. The third-order valence-electron chi connectivity index (χ3n) is 4.61. The molecule has 0 aromatic rings. The summed E-state index contributed by atoms with van der Waals surface area (Å²) in [5, 5.41) is -2.69. The summed E-state index contributed by atoms with van der Waals surface area (Å²) in [6, 6.07) is 0. The average molecular weight is 566 g/mol. The Hall–Kier alpha value is 1.46. The van der Waals surface area contributed by atoms with E-state index in [0.29, 0.717) is 25.7 Å². The summed E-state index contributed by atoms with van der Waals surface area (Å²) in [6.07, 6.45) is 2.57. The first kappa shape index (κ1) is 32.5. The van der Waals surface area contributed by atoms with E-state index in [1.807, 2.05) is 27.7 Å². The Morgan fingerprint density at radius 2 is 0.742 bits per heavy atom. The van der Waals surface area contributed by atoms with Crippen LogP contribution in [0.15, 0.2) is 0 Å². The van der Waals surface area contributed by atoms with Crippen molar-refractivity contribution in [3.8, 4) is 0 Å². The zero-order valence-corrected chi connectivity index (χ0v) is 23.9. The molecule has 4 atom stereocenters. The van der Waals surface area contributed by atoms with E-state index in [2.05, 4.69) is 0 Å². The molecule has 0 rings (SSSR count). The quantitative estimate of drug-likeness (QED) is 0.116. The van der Waals surface area contributed by atoms with Gasteiger partial charge in [0.15, 0.2) is 5.40 Å². The summed E-state index contributed by atoms with van der Waals surface area (Å²) in [5.41, 5.74) is 0. The number of alkyl halides is 4. The molecule has 0 aromatic heterocycles. The second kappa shape index (κ2) is 17.0. The third kappa shape index (κ3) is 12.1. The Morgan fingerprint density at radius 3 is 0.903 bits per heavy atom. The van der Waals surface area contributed by atoms with Crippen molar-refractivity contribution < 1.29 is 27.2 Å². The SMILES string of the molecule is CCC(P(=O)(OC[C@H](Cl)CC)OC[C@H](Cl)CC)P(=O)(OC[C@H](Cl)CC)OC[C@H](Cl)CC. The zero-order chi connectivity index (χ0) is 24.1. The van der Waals surface area contributed by atoms with Gasteiger partial charge in [0.2, 0.25) is 0 Å². The van der Waals surface area contributed by atoms with Crippen LogP contribution in [-0.4, -0.2) is 53.3 Å². The van der Waals surface area contributed by atoms with Crippen molar-refractivity contribution in [1.29, 1.82) is 0 Å². The van der Waals surface area contributed by atoms with Crippen LogP contribution in [0.4, 0.5) is 0 Å². The van der Waals surface area contributed by atoms with Crippen molar-refractivity contribution in [1.82, 2.24) is 0 Å². The standard InChI is InChI=1S/C19H38Cl4O6P2/c1-6-15(20)11-26-30(24,27-12-16(21)7-2)19(10-5)31(25,28-13-17(22)8-3)29-14-18(23)9-4/h15-19H,6-14H2,1-5H3/t15-,16-,17-,18-/m1/s1. The molecule has 12 heteroatoms. The van der Waals surface area contributed by atoms with Gasteiger partial charge >= 0.3 is 15.2 Å². The molecule has 0 aliphatic carbocycles. The lowest BCUT2D eigenvalue weighted by Gasteiger charge is -2.32. The lowest BCUT2D eigenvalue weighted by molar-refractivity contribution is 0.178. The Bertz CT molecular complexity index is 490. The van der Waals surface area contributed by atoms with E-state index in [-0.39, 0.29) is 54.4 Å². The monoisotopic (exact) mass is 564 g/mol. The second-order valence-electron chi connectivity index (χ2n) is 7.17. The molecule has 0 N–H and O–H groups in total. The van der Waals surface area contributed by atoms with Crippen molar-refractivity contribution in [2.75, 3.05) is 26.4 Å². The predicted molar refractivity (Wildman–Crippen MR) is 133 cm³/mol. The fraction of sp³-hybridized carbons (Fsp3) is 1.00. The van der Waals surface area contributed by atoms with Gasteiger partial charge in [-0.1, -0.05) is 34.6 Å². The van der Waals surface area contributed by atoms with Crippen LogP contribution in [0.2, 0.25) is 0 Å². The second-order valence-corrected chi connectivity index (χ2v) is 14.5. The normalized spacial score (nSPS) is 17.0. The van der Waals surface area contributed by atoms with Crippen LogP contribution in [0, 0.1) is 0 Å². The molecule has 0 saturated heterocycles. The van der Waals surface area contributed by atoms with Crippen molar-refractivity contribution in [3.63, 3.8) is 0 Å². The number of hydrogen-bond acceptors (Lipinski definition) is 6. The van der Waals surface area contributed by atoms with Crippen molar-refractivity contribution >= 4 is 61.6 Å². The smallest absolute Gasteiger partial charge is 0.306 e. The summed E-state index contributed by atoms with van der Waals surface area (Å²) in [7, 11) is -7.98. The molecule has 0 aliphatic heterocycles. The third-order valence-corrected chi connectivity index (χ3v) is 12.3. The average Bonchev–Trinajstić information content (AvgIpc) is 2.78. The van der Waals surface area contributed by atoms with Gasteiger partial charge < -0.3 is 18.1 Å². The lowest BCUT2D eigenvalue weighted by Crippen LogP contribution is -2.23. The minimum atomic E-state index is -3.99.